The third-order valence-electron chi connectivity index (χ3n) is 7.59. The molecule has 1 unspecified atom stereocenters. The topological polar surface area (TPSA) is 60.7 Å². The van der Waals surface area contributed by atoms with Crippen LogP contribution in [0.25, 0.3) is 0 Å². The summed E-state index contributed by atoms with van der Waals surface area (Å²) in [6.45, 7) is 11.8. The molecule has 1 fully saturated rings. The molecule has 3 aromatic carbocycles. The first-order chi connectivity index (χ1) is 15.0. The van der Waals surface area contributed by atoms with Crippen molar-refractivity contribution in [2.24, 2.45) is 0 Å². The standard InChI is InChI=1S/C29H34O3/c1-16-9-23(10-17(2)26(16)30)22-7-8-29(15-22,24-11-18(3)27(31)19(4)12-24)25-13-20(5)28(32)21(6)14-25/h9-14,22,30-32H,7-8,15H2,1-6H3. The van der Waals surface area contributed by atoms with Crippen molar-refractivity contribution in [3.8, 4) is 17.2 Å². The van der Waals surface area contributed by atoms with E-state index in [1.807, 2.05) is 41.5 Å². The summed E-state index contributed by atoms with van der Waals surface area (Å²) in [5.41, 5.74) is 8.95. The van der Waals surface area contributed by atoms with Gasteiger partial charge in [0, 0.05) is 5.41 Å². The highest BCUT2D eigenvalue weighted by atomic mass is 16.3. The summed E-state index contributed by atoms with van der Waals surface area (Å²) in [7, 11) is 0. The smallest absolute Gasteiger partial charge is 0.121 e. The number of rotatable bonds is 3. The van der Waals surface area contributed by atoms with E-state index in [2.05, 4.69) is 36.4 Å². The average molecular weight is 431 g/mol. The predicted octanol–water partition coefficient (Wildman–Crippen LogP) is 6.91. The maximum Gasteiger partial charge on any atom is 0.121 e. The van der Waals surface area contributed by atoms with Crippen LogP contribution in [-0.2, 0) is 5.41 Å². The highest BCUT2D eigenvalue weighted by molar-refractivity contribution is 5.54. The van der Waals surface area contributed by atoms with Crippen LogP contribution in [0.2, 0.25) is 0 Å². The predicted molar refractivity (Wildman–Crippen MR) is 130 cm³/mol. The van der Waals surface area contributed by atoms with Gasteiger partial charge in [-0.2, -0.15) is 0 Å². The van der Waals surface area contributed by atoms with Crippen molar-refractivity contribution in [2.45, 2.75) is 72.1 Å². The third kappa shape index (κ3) is 3.54. The summed E-state index contributed by atoms with van der Waals surface area (Å²) in [6.07, 6.45) is 2.98. The number of phenols is 3. The van der Waals surface area contributed by atoms with E-state index in [9.17, 15) is 15.3 Å². The molecular formula is C29H34O3. The number of aryl methyl sites for hydroxylation is 6. The molecule has 168 valence electrons. The Hall–Kier alpha value is -2.94. The Kier molecular flexibility index (Phi) is 5.48. The molecule has 3 nitrogen and oxygen atoms in total. The van der Waals surface area contributed by atoms with Gasteiger partial charge in [-0.05, 0) is 117 Å². The molecule has 0 radical (unpaired) electrons. The fraction of sp³-hybridized carbons (Fsp3) is 0.379. The van der Waals surface area contributed by atoms with Crippen molar-refractivity contribution in [3.63, 3.8) is 0 Å². The van der Waals surface area contributed by atoms with Gasteiger partial charge in [0.25, 0.3) is 0 Å². The van der Waals surface area contributed by atoms with Gasteiger partial charge >= 0.3 is 0 Å². The minimum atomic E-state index is -0.198. The van der Waals surface area contributed by atoms with Gasteiger partial charge in [0.05, 0.1) is 0 Å². The van der Waals surface area contributed by atoms with E-state index in [-0.39, 0.29) is 5.41 Å². The van der Waals surface area contributed by atoms with E-state index in [0.717, 1.165) is 52.6 Å². The first kappa shape index (κ1) is 22.3. The Bertz CT molecular complexity index is 1080. The van der Waals surface area contributed by atoms with Gasteiger partial charge in [-0.3, -0.25) is 0 Å². The summed E-state index contributed by atoms with van der Waals surface area (Å²) in [4.78, 5) is 0. The third-order valence-corrected chi connectivity index (χ3v) is 7.59. The molecule has 4 rings (SSSR count). The highest BCUT2D eigenvalue weighted by Gasteiger charge is 2.43. The van der Waals surface area contributed by atoms with Crippen molar-refractivity contribution >= 4 is 0 Å². The zero-order valence-electron chi connectivity index (χ0n) is 20.0. The molecule has 1 atom stereocenters. The lowest BCUT2D eigenvalue weighted by atomic mass is 9.70. The SMILES string of the molecule is Cc1cc(C2CCC(c3cc(C)c(O)c(C)c3)(c3cc(C)c(O)c(C)c3)C2)cc(C)c1O. The summed E-state index contributed by atoms with van der Waals surface area (Å²) < 4.78 is 0. The van der Waals surface area contributed by atoms with Crippen molar-refractivity contribution < 1.29 is 15.3 Å². The van der Waals surface area contributed by atoms with Crippen LogP contribution in [0.4, 0.5) is 0 Å². The molecule has 3 heteroatoms. The Balaban J connectivity index is 1.89. The number of benzene rings is 3. The fourth-order valence-electron chi connectivity index (χ4n) is 5.71. The molecule has 0 spiro atoms. The average Bonchev–Trinajstić information content (AvgIpc) is 3.19. The van der Waals surface area contributed by atoms with E-state index in [4.69, 9.17) is 0 Å². The molecule has 1 aliphatic carbocycles. The number of hydrogen-bond donors (Lipinski definition) is 3. The van der Waals surface area contributed by atoms with Crippen LogP contribution in [-0.4, -0.2) is 15.3 Å². The molecule has 0 bridgehead atoms. The lowest BCUT2D eigenvalue weighted by Crippen LogP contribution is -2.25. The van der Waals surface area contributed by atoms with Gasteiger partial charge in [0.2, 0.25) is 0 Å². The molecule has 32 heavy (non-hydrogen) atoms. The van der Waals surface area contributed by atoms with E-state index in [1.54, 1.807) is 0 Å². The largest absolute Gasteiger partial charge is 0.507 e. The Morgan fingerprint density at radius 1 is 0.594 bits per heavy atom. The van der Waals surface area contributed by atoms with Crippen molar-refractivity contribution in [1.82, 2.24) is 0 Å². The first-order valence-corrected chi connectivity index (χ1v) is 11.4. The maximum atomic E-state index is 10.4. The summed E-state index contributed by atoms with van der Waals surface area (Å²) in [6, 6.07) is 12.8. The first-order valence-electron chi connectivity index (χ1n) is 11.4. The summed E-state index contributed by atoms with van der Waals surface area (Å²) in [5.74, 6) is 1.48. The van der Waals surface area contributed by atoms with Crippen LogP contribution in [0.1, 0.15) is 75.3 Å². The monoisotopic (exact) mass is 430 g/mol. The zero-order chi connectivity index (χ0) is 23.4. The van der Waals surface area contributed by atoms with E-state index < -0.39 is 0 Å². The minimum Gasteiger partial charge on any atom is -0.507 e. The minimum absolute atomic E-state index is 0.198. The van der Waals surface area contributed by atoms with Crippen LogP contribution < -0.4 is 0 Å². The van der Waals surface area contributed by atoms with Gasteiger partial charge < -0.3 is 15.3 Å². The Morgan fingerprint density at radius 3 is 1.31 bits per heavy atom. The van der Waals surface area contributed by atoms with E-state index >= 15 is 0 Å². The Morgan fingerprint density at radius 2 is 0.938 bits per heavy atom. The molecule has 1 aliphatic rings. The lowest BCUT2D eigenvalue weighted by molar-refractivity contribution is 0.461. The molecular weight excluding hydrogens is 396 g/mol. The molecule has 0 saturated heterocycles. The van der Waals surface area contributed by atoms with Crippen LogP contribution in [0.15, 0.2) is 36.4 Å². The highest BCUT2D eigenvalue weighted by Crippen LogP contribution is 2.54. The van der Waals surface area contributed by atoms with Crippen LogP contribution in [0, 0.1) is 41.5 Å². The van der Waals surface area contributed by atoms with Gasteiger partial charge in [-0.1, -0.05) is 36.4 Å². The second-order valence-corrected chi connectivity index (χ2v) is 9.94. The van der Waals surface area contributed by atoms with Crippen molar-refractivity contribution in [1.29, 1.82) is 0 Å². The molecule has 0 heterocycles. The van der Waals surface area contributed by atoms with E-state index in [0.29, 0.717) is 23.2 Å². The van der Waals surface area contributed by atoms with Gasteiger partial charge in [-0.15, -0.1) is 0 Å². The lowest BCUT2D eigenvalue weighted by Gasteiger charge is -2.33. The van der Waals surface area contributed by atoms with Crippen LogP contribution in [0.5, 0.6) is 17.2 Å². The normalized spacial score (nSPS) is 17.6. The molecule has 3 N–H and O–H groups in total. The van der Waals surface area contributed by atoms with Gasteiger partial charge in [0.15, 0.2) is 0 Å². The molecule has 0 amide bonds. The number of hydrogen-bond acceptors (Lipinski definition) is 3. The summed E-state index contributed by atoms with van der Waals surface area (Å²) in [5, 5.41) is 31.1. The van der Waals surface area contributed by atoms with Gasteiger partial charge in [-0.25, -0.2) is 0 Å². The van der Waals surface area contributed by atoms with E-state index in [1.165, 1.54) is 16.7 Å². The molecule has 1 saturated carbocycles. The summed E-state index contributed by atoms with van der Waals surface area (Å²) >= 11 is 0. The maximum absolute atomic E-state index is 10.4. The van der Waals surface area contributed by atoms with Gasteiger partial charge in [0.1, 0.15) is 17.2 Å². The van der Waals surface area contributed by atoms with Crippen LogP contribution >= 0.6 is 0 Å². The number of phenolic OH excluding ortho intramolecular Hbond substituents is 3. The number of aromatic hydroxyl groups is 3. The molecule has 0 aromatic heterocycles. The second kappa shape index (κ2) is 7.88. The molecule has 3 aromatic rings. The van der Waals surface area contributed by atoms with Crippen molar-refractivity contribution in [3.05, 3.63) is 86.5 Å². The second-order valence-electron chi connectivity index (χ2n) is 9.94. The Labute approximate surface area is 191 Å². The zero-order valence-corrected chi connectivity index (χ0v) is 20.0. The molecule has 0 aliphatic heterocycles. The van der Waals surface area contributed by atoms with Crippen LogP contribution in [0.3, 0.4) is 0 Å². The van der Waals surface area contributed by atoms with Crippen molar-refractivity contribution in [2.75, 3.05) is 0 Å². The quantitative estimate of drug-likeness (QED) is 0.423. The fourth-order valence-corrected chi connectivity index (χ4v) is 5.71.